The van der Waals surface area contributed by atoms with Crippen molar-refractivity contribution in [1.82, 2.24) is 9.88 Å². The van der Waals surface area contributed by atoms with Crippen LogP contribution in [0.15, 0.2) is 54.9 Å². The van der Waals surface area contributed by atoms with Crippen LogP contribution >= 0.6 is 0 Å². The molecule has 2 aromatic carbocycles. The number of aromatic nitrogens is 1. The molecule has 1 unspecified atom stereocenters. The van der Waals surface area contributed by atoms with Crippen molar-refractivity contribution in [3.8, 4) is 0 Å². The maximum absolute atomic E-state index is 13.4. The number of nitrogens with one attached hydrogen (secondary N) is 1. The van der Waals surface area contributed by atoms with Crippen LogP contribution in [0, 0.1) is 11.6 Å². The first kappa shape index (κ1) is 16.0. The van der Waals surface area contributed by atoms with Gasteiger partial charge in [0.25, 0.3) is 0 Å². The van der Waals surface area contributed by atoms with Crippen LogP contribution < -0.4 is 5.32 Å². The van der Waals surface area contributed by atoms with E-state index in [1.807, 2.05) is 18.3 Å². The highest BCUT2D eigenvalue weighted by Crippen LogP contribution is 2.25. The molecular formula is C20H19F2N3. The molecule has 0 bridgehead atoms. The number of benzene rings is 2. The van der Waals surface area contributed by atoms with E-state index in [1.165, 1.54) is 12.1 Å². The molecule has 1 fully saturated rings. The lowest BCUT2D eigenvalue weighted by Crippen LogP contribution is -2.26. The first-order chi connectivity index (χ1) is 12.2. The Labute approximate surface area is 145 Å². The quantitative estimate of drug-likeness (QED) is 0.772. The van der Waals surface area contributed by atoms with E-state index in [4.69, 9.17) is 0 Å². The molecule has 1 saturated heterocycles. The minimum atomic E-state index is -0.796. The van der Waals surface area contributed by atoms with Crippen LogP contribution in [0.25, 0.3) is 10.8 Å². The predicted octanol–water partition coefficient (Wildman–Crippen LogP) is 4.20. The van der Waals surface area contributed by atoms with Gasteiger partial charge in [-0.2, -0.15) is 0 Å². The lowest BCUT2D eigenvalue weighted by Gasteiger charge is -2.18. The van der Waals surface area contributed by atoms with Crippen LogP contribution in [0.2, 0.25) is 0 Å². The van der Waals surface area contributed by atoms with Crippen molar-refractivity contribution in [3.63, 3.8) is 0 Å². The molecule has 5 heteroatoms. The third-order valence-corrected chi connectivity index (χ3v) is 4.70. The minimum absolute atomic E-state index is 0.337. The molecule has 1 N–H and O–H groups in total. The summed E-state index contributed by atoms with van der Waals surface area (Å²) in [5.74, 6) is -1.58. The average Bonchev–Trinajstić information content (AvgIpc) is 3.05. The van der Waals surface area contributed by atoms with Crippen molar-refractivity contribution < 1.29 is 8.78 Å². The van der Waals surface area contributed by atoms with E-state index in [-0.39, 0.29) is 0 Å². The second-order valence-electron chi connectivity index (χ2n) is 6.52. The van der Waals surface area contributed by atoms with Crippen LogP contribution in [0.3, 0.4) is 0 Å². The van der Waals surface area contributed by atoms with E-state index in [9.17, 15) is 8.78 Å². The molecule has 128 valence electrons. The summed E-state index contributed by atoms with van der Waals surface area (Å²) in [5.41, 5.74) is 1.91. The Kier molecular flexibility index (Phi) is 4.32. The maximum Gasteiger partial charge on any atom is 0.159 e. The van der Waals surface area contributed by atoms with Gasteiger partial charge < -0.3 is 5.32 Å². The van der Waals surface area contributed by atoms with Crippen molar-refractivity contribution in [3.05, 3.63) is 72.1 Å². The maximum atomic E-state index is 13.4. The summed E-state index contributed by atoms with van der Waals surface area (Å²) < 4.78 is 26.4. The summed E-state index contributed by atoms with van der Waals surface area (Å²) >= 11 is 0. The Hall–Kier alpha value is -2.53. The van der Waals surface area contributed by atoms with Gasteiger partial charge in [-0.1, -0.05) is 18.2 Å². The molecule has 0 spiro atoms. The smallest absolute Gasteiger partial charge is 0.159 e. The van der Waals surface area contributed by atoms with Crippen molar-refractivity contribution in [1.29, 1.82) is 0 Å². The van der Waals surface area contributed by atoms with Gasteiger partial charge in [-0.05, 0) is 36.2 Å². The van der Waals surface area contributed by atoms with Crippen LogP contribution in [0.4, 0.5) is 14.5 Å². The largest absolute Gasteiger partial charge is 0.380 e. The lowest BCUT2D eigenvalue weighted by atomic mass is 10.1. The van der Waals surface area contributed by atoms with E-state index in [1.54, 1.807) is 12.3 Å². The van der Waals surface area contributed by atoms with E-state index >= 15 is 0 Å². The molecule has 2 heterocycles. The minimum Gasteiger partial charge on any atom is -0.380 e. The fourth-order valence-corrected chi connectivity index (χ4v) is 3.46. The van der Waals surface area contributed by atoms with Crippen molar-refractivity contribution in [2.75, 3.05) is 18.4 Å². The van der Waals surface area contributed by atoms with Gasteiger partial charge in [-0.3, -0.25) is 9.88 Å². The van der Waals surface area contributed by atoms with Crippen LogP contribution in [0.5, 0.6) is 0 Å². The summed E-state index contributed by atoms with van der Waals surface area (Å²) in [6.07, 6.45) is 4.69. The van der Waals surface area contributed by atoms with Gasteiger partial charge in [-0.25, -0.2) is 8.78 Å². The molecule has 4 rings (SSSR count). The molecule has 25 heavy (non-hydrogen) atoms. The van der Waals surface area contributed by atoms with Gasteiger partial charge in [0.15, 0.2) is 11.6 Å². The number of hydrogen-bond acceptors (Lipinski definition) is 3. The summed E-state index contributed by atoms with van der Waals surface area (Å²) in [6, 6.07) is 12.7. The molecule has 0 radical (unpaired) electrons. The molecule has 1 aromatic heterocycles. The molecule has 0 amide bonds. The Morgan fingerprint density at radius 2 is 2.04 bits per heavy atom. The monoisotopic (exact) mass is 339 g/mol. The number of halogens is 2. The predicted molar refractivity (Wildman–Crippen MR) is 95.4 cm³/mol. The highest BCUT2D eigenvalue weighted by atomic mass is 19.2. The van der Waals surface area contributed by atoms with Crippen molar-refractivity contribution >= 4 is 16.5 Å². The summed E-state index contributed by atoms with van der Waals surface area (Å²) in [7, 11) is 0. The first-order valence-corrected chi connectivity index (χ1v) is 8.44. The molecule has 3 nitrogen and oxygen atoms in total. The summed E-state index contributed by atoms with van der Waals surface area (Å²) in [6.45, 7) is 2.44. The number of nitrogens with zero attached hydrogens (tertiary/aromatic N) is 2. The molecular weight excluding hydrogens is 320 g/mol. The van der Waals surface area contributed by atoms with Gasteiger partial charge in [0, 0.05) is 54.5 Å². The van der Waals surface area contributed by atoms with Crippen LogP contribution in [0.1, 0.15) is 12.0 Å². The zero-order chi connectivity index (χ0) is 17.2. The Morgan fingerprint density at radius 1 is 1.12 bits per heavy atom. The molecule has 1 aliphatic rings. The molecule has 3 aromatic rings. The fraction of sp³-hybridized carbons (Fsp3) is 0.250. The van der Waals surface area contributed by atoms with Gasteiger partial charge in [0.2, 0.25) is 0 Å². The lowest BCUT2D eigenvalue weighted by molar-refractivity contribution is 0.327. The zero-order valence-corrected chi connectivity index (χ0v) is 13.8. The van der Waals surface area contributed by atoms with E-state index in [2.05, 4.69) is 27.3 Å². The SMILES string of the molecule is Fc1ccc(CN2CCC(Nc3cccc4cnccc34)C2)cc1F. The third-order valence-electron chi connectivity index (χ3n) is 4.70. The van der Waals surface area contributed by atoms with Crippen molar-refractivity contribution in [2.24, 2.45) is 0 Å². The molecule has 1 aliphatic heterocycles. The zero-order valence-electron chi connectivity index (χ0n) is 13.8. The average molecular weight is 339 g/mol. The Balaban J connectivity index is 1.43. The third kappa shape index (κ3) is 3.46. The van der Waals surface area contributed by atoms with Gasteiger partial charge in [-0.15, -0.1) is 0 Å². The van der Waals surface area contributed by atoms with Crippen LogP contribution in [-0.2, 0) is 6.54 Å². The summed E-state index contributed by atoms with van der Waals surface area (Å²) in [5, 5.41) is 5.90. The van der Waals surface area contributed by atoms with Gasteiger partial charge >= 0.3 is 0 Å². The first-order valence-electron chi connectivity index (χ1n) is 8.44. The topological polar surface area (TPSA) is 28.2 Å². The van der Waals surface area contributed by atoms with E-state index < -0.39 is 11.6 Å². The van der Waals surface area contributed by atoms with E-state index in [0.29, 0.717) is 12.6 Å². The second-order valence-corrected chi connectivity index (χ2v) is 6.52. The molecule has 1 atom stereocenters. The number of pyridine rings is 1. The summed E-state index contributed by atoms with van der Waals surface area (Å²) in [4.78, 5) is 6.43. The van der Waals surface area contributed by atoms with E-state index in [0.717, 1.165) is 41.5 Å². The number of rotatable bonds is 4. The normalized spacial score (nSPS) is 17.9. The molecule has 0 saturated carbocycles. The van der Waals surface area contributed by atoms with Crippen molar-refractivity contribution in [2.45, 2.75) is 19.0 Å². The number of fused-ring (bicyclic) bond motifs is 1. The number of likely N-dealkylation sites (tertiary alicyclic amines) is 1. The van der Waals surface area contributed by atoms with Crippen LogP contribution in [-0.4, -0.2) is 29.0 Å². The fourth-order valence-electron chi connectivity index (χ4n) is 3.46. The number of hydrogen-bond donors (Lipinski definition) is 1. The Morgan fingerprint density at radius 3 is 2.92 bits per heavy atom. The second kappa shape index (κ2) is 6.76. The standard InChI is InChI=1S/C20H19F2N3/c21-18-5-4-14(10-19(18)22)12-25-9-7-16(13-25)24-20-3-1-2-15-11-23-8-6-17(15)20/h1-6,8,10-11,16,24H,7,9,12-13H2. The highest BCUT2D eigenvalue weighted by Gasteiger charge is 2.23. The highest BCUT2D eigenvalue weighted by molar-refractivity contribution is 5.93. The van der Waals surface area contributed by atoms with Gasteiger partial charge in [0.05, 0.1) is 0 Å². The number of anilines is 1. The van der Waals surface area contributed by atoms with Gasteiger partial charge in [0.1, 0.15) is 0 Å². The Bertz CT molecular complexity index is 892. The molecule has 0 aliphatic carbocycles.